The molecule has 2 aromatic carbocycles. The average molecular weight is 397 g/mol. The summed E-state index contributed by atoms with van der Waals surface area (Å²) >= 11 is -1.37. The zero-order valence-electron chi connectivity index (χ0n) is 16.3. The van der Waals surface area contributed by atoms with Gasteiger partial charge in [-0.1, -0.05) is 48.0 Å². The third-order valence-electron chi connectivity index (χ3n) is 4.42. The second-order valence-corrected chi connectivity index (χ2v) is 8.28. The number of carbonyl (C=O) groups is 1. The van der Waals surface area contributed by atoms with Crippen molar-refractivity contribution in [3.05, 3.63) is 77.2 Å². The highest BCUT2D eigenvalue weighted by atomic mass is 32.2. The molecule has 146 valence electrons. The highest BCUT2D eigenvalue weighted by Gasteiger charge is 2.21. The molecule has 2 unspecified atom stereocenters. The maximum atomic E-state index is 12.5. The predicted molar refractivity (Wildman–Crippen MR) is 111 cm³/mol. The minimum absolute atomic E-state index is 0.0662. The molecule has 0 saturated heterocycles. The van der Waals surface area contributed by atoms with Crippen LogP contribution in [-0.2, 0) is 21.7 Å². The van der Waals surface area contributed by atoms with Crippen molar-refractivity contribution >= 4 is 17.1 Å². The first kappa shape index (κ1) is 20.2. The van der Waals surface area contributed by atoms with Crippen LogP contribution in [-0.4, -0.2) is 21.2 Å². The molecule has 0 saturated carbocycles. The number of oxazole rings is 1. The molecular formula is C22H24N2O3S. The Kier molecular flexibility index (Phi) is 6.54. The fraction of sp³-hybridized carbons (Fsp3) is 0.273. The minimum atomic E-state index is -1.37. The summed E-state index contributed by atoms with van der Waals surface area (Å²) in [6.45, 7) is 5.72. The quantitative estimate of drug-likeness (QED) is 0.610. The van der Waals surface area contributed by atoms with E-state index >= 15 is 0 Å². The summed E-state index contributed by atoms with van der Waals surface area (Å²) in [5.74, 6) is 1.02. The standard InChI is InChI=1S/C22H24N2O3S/c1-15-8-7-11-19(12-15)22-24-20(17(3)27-22)13-28(26)14-21(25)23-16(2)18-9-5-4-6-10-18/h4-12,16H,13-14H2,1-3H3,(H,23,25). The molecule has 0 aliphatic rings. The molecular weight excluding hydrogens is 372 g/mol. The second-order valence-electron chi connectivity index (χ2n) is 6.82. The number of nitrogens with zero attached hydrogens (tertiary/aromatic N) is 1. The van der Waals surface area contributed by atoms with Gasteiger partial charge in [0.25, 0.3) is 5.91 Å². The fourth-order valence-corrected chi connectivity index (χ4v) is 3.97. The largest absolute Gasteiger partial charge is 0.616 e. The Morgan fingerprint density at radius 3 is 2.64 bits per heavy atom. The van der Waals surface area contributed by atoms with Gasteiger partial charge in [0.1, 0.15) is 11.5 Å². The molecule has 3 rings (SSSR count). The van der Waals surface area contributed by atoms with Crippen molar-refractivity contribution in [1.29, 1.82) is 0 Å². The Hall–Kier alpha value is -2.57. The Labute approximate surface area is 168 Å². The highest BCUT2D eigenvalue weighted by molar-refractivity contribution is 7.91. The van der Waals surface area contributed by atoms with Crippen LogP contribution in [0.4, 0.5) is 0 Å². The molecule has 1 heterocycles. The van der Waals surface area contributed by atoms with E-state index in [1.54, 1.807) is 6.92 Å². The van der Waals surface area contributed by atoms with Crippen LogP contribution in [0.25, 0.3) is 11.5 Å². The van der Waals surface area contributed by atoms with Crippen LogP contribution in [0.1, 0.15) is 35.5 Å². The van der Waals surface area contributed by atoms with Gasteiger partial charge in [-0.2, -0.15) is 0 Å². The monoisotopic (exact) mass is 396 g/mol. The first-order valence-electron chi connectivity index (χ1n) is 9.15. The van der Waals surface area contributed by atoms with Crippen molar-refractivity contribution in [2.45, 2.75) is 32.6 Å². The van der Waals surface area contributed by atoms with E-state index in [0.29, 0.717) is 17.3 Å². The summed E-state index contributed by atoms with van der Waals surface area (Å²) in [6.07, 6.45) is 0. The summed E-state index contributed by atoms with van der Waals surface area (Å²) in [6, 6.07) is 17.4. The number of nitrogens with one attached hydrogen (secondary N) is 1. The van der Waals surface area contributed by atoms with E-state index in [2.05, 4.69) is 10.3 Å². The van der Waals surface area contributed by atoms with Crippen LogP contribution in [0.3, 0.4) is 0 Å². The number of benzene rings is 2. The third kappa shape index (κ3) is 5.24. The van der Waals surface area contributed by atoms with Crippen LogP contribution in [0.2, 0.25) is 0 Å². The second kappa shape index (κ2) is 9.08. The minimum Gasteiger partial charge on any atom is -0.616 e. The van der Waals surface area contributed by atoms with Crippen molar-refractivity contribution in [2.24, 2.45) is 0 Å². The zero-order chi connectivity index (χ0) is 20.1. The van der Waals surface area contributed by atoms with Gasteiger partial charge in [-0.3, -0.25) is 4.79 Å². The maximum absolute atomic E-state index is 12.5. The molecule has 1 amide bonds. The summed E-state index contributed by atoms with van der Waals surface area (Å²) < 4.78 is 18.2. The highest BCUT2D eigenvalue weighted by Crippen LogP contribution is 2.23. The van der Waals surface area contributed by atoms with Crippen molar-refractivity contribution in [2.75, 3.05) is 5.75 Å². The Balaban J connectivity index is 1.59. The van der Waals surface area contributed by atoms with Crippen LogP contribution in [0, 0.1) is 13.8 Å². The zero-order valence-corrected chi connectivity index (χ0v) is 17.1. The number of aryl methyl sites for hydroxylation is 2. The topological polar surface area (TPSA) is 78.2 Å². The number of hydrogen-bond acceptors (Lipinski definition) is 4. The number of rotatable bonds is 7. The molecule has 0 fully saturated rings. The SMILES string of the molecule is Cc1cccc(-c2nc(C[S+]([O-])CC(=O)NC(C)c3ccccc3)c(C)o2)c1. The van der Waals surface area contributed by atoms with E-state index < -0.39 is 11.2 Å². The van der Waals surface area contributed by atoms with Gasteiger partial charge in [0.05, 0.1) is 6.04 Å². The van der Waals surface area contributed by atoms with Crippen LogP contribution < -0.4 is 5.32 Å². The molecule has 28 heavy (non-hydrogen) atoms. The van der Waals surface area contributed by atoms with Crippen molar-refractivity contribution < 1.29 is 13.8 Å². The van der Waals surface area contributed by atoms with Crippen molar-refractivity contribution in [1.82, 2.24) is 10.3 Å². The van der Waals surface area contributed by atoms with Crippen LogP contribution >= 0.6 is 0 Å². The van der Waals surface area contributed by atoms with Gasteiger partial charge in [0, 0.05) is 5.56 Å². The molecule has 1 N–H and O–H groups in total. The maximum Gasteiger partial charge on any atom is 0.270 e. The predicted octanol–water partition coefficient (Wildman–Crippen LogP) is 4.08. The van der Waals surface area contributed by atoms with Crippen LogP contribution in [0.5, 0.6) is 0 Å². The number of hydrogen-bond donors (Lipinski definition) is 1. The van der Waals surface area contributed by atoms with E-state index in [9.17, 15) is 9.35 Å². The van der Waals surface area contributed by atoms with Gasteiger partial charge in [-0.05, 0) is 49.6 Å². The molecule has 0 spiro atoms. The lowest BCUT2D eigenvalue weighted by molar-refractivity contribution is -0.119. The van der Waals surface area contributed by atoms with Crippen LogP contribution in [0.15, 0.2) is 59.0 Å². The van der Waals surface area contributed by atoms with E-state index in [-0.39, 0.29) is 23.5 Å². The summed E-state index contributed by atoms with van der Waals surface area (Å²) in [7, 11) is 0. The lowest BCUT2D eigenvalue weighted by Crippen LogP contribution is -2.32. The van der Waals surface area contributed by atoms with Gasteiger partial charge in [0.15, 0.2) is 11.5 Å². The van der Waals surface area contributed by atoms with Gasteiger partial charge < -0.3 is 14.3 Å². The molecule has 0 bridgehead atoms. The molecule has 3 aromatic rings. The van der Waals surface area contributed by atoms with E-state index in [1.807, 2.05) is 68.4 Å². The Bertz CT molecular complexity index is 940. The molecule has 6 heteroatoms. The Morgan fingerprint density at radius 2 is 1.93 bits per heavy atom. The molecule has 1 aromatic heterocycles. The first-order valence-corrected chi connectivity index (χ1v) is 10.6. The summed E-state index contributed by atoms with van der Waals surface area (Å²) in [4.78, 5) is 16.7. The van der Waals surface area contributed by atoms with E-state index in [1.165, 1.54) is 0 Å². The normalized spacial score (nSPS) is 13.1. The molecule has 0 aliphatic carbocycles. The van der Waals surface area contributed by atoms with Gasteiger partial charge in [0.2, 0.25) is 5.89 Å². The van der Waals surface area contributed by atoms with Gasteiger partial charge in [-0.15, -0.1) is 0 Å². The van der Waals surface area contributed by atoms with E-state index in [0.717, 1.165) is 16.7 Å². The molecule has 0 aliphatic heterocycles. The summed E-state index contributed by atoms with van der Waals surface area (Å²) in [5, 5.41) is 2.89. The van der Waals surface area contributed by atoms with Crippen molar-refractivity contribution in [3.63, 3.8) is 0 Å². The first-order chi connectivity index (χ1) is 13.4. The molecule has 5 nitrogen and oxygen atoms in total. The number of amides is 1. The fourth-order valence-electron chi connectivity index (χ4n) is 2.92. The van der Waals surface area contributed by atoms with Gasteiger partial charge in [-0.25, -0.2) is 4.98 Å². The molecule has 2 atom stereocenters. The lowest BCUT2D eigenvalue weighted by atomic mass is 10.1. The Morgan fingerprint density at radius 1 is 1.18 bits per heavy atom. The number of aromatic nitrogens is 1. The van der Waals surface area contributed by atoms with Gasteiger partial charge >= 0.3 is 0 Å². The smallest absolute Gasteiger partial charge is 0.270 e. The average Bonchev–Trinajstić information content (AvgIpc) is 3.02. The van der Waals surface area contributed by atoms with E-state index in [4.69, 9.17) is 4.42 Å². The third-order valence-corrected chi connectivity index (χ3v) is 5.60. The summed E-state index contributed by atoms with van der Waals surface area (Å²) in [5.41, 5.74) is 3.63. The molecule has 0 radical (unpaired) electrons. The lowest BCUT2D eigenvalue weighted by Gasteiger charge is -2.15. The van der Waals surface area contributed by atoms with Crippen molar-refractivity contribution in [3.8, 4) is 11.5 Å². The number of carbonyl (C=O) groups excluding carboxylic acids is 1.